The monoisotopic (exact) mass is 729 g/mol. The quantitative estimate of drug-likeness (QED) is 0.213. The molecule has 3 aliphatic carbocycles. The zero-order valence-corrected chi connectivity index (χ0v) is 35.4. The summed E-state index contributed by atoms with van der Waals surface area (Å²) in [6.45, 7) is 28.9. The van der Waals surface area contributed by atoms with Crippen LogP contribution >= 0.6 is 0 Å². The normalized spacial score (nSPS) is 19.8. The van der Waals surface area contributed by atoms with Gasteiger partial charge in [-0.25, -0.2) is 0 Å². The fourth-order valence-electron chi connectivity index (χ4n) is 8.25. The number of hydrogen-bond donors (Lipinski definition) is 0. The Hall–Kier alpha value is -2.24. The van der Waals surface area contributed by atoms with Crippen molar-refractivity contribution in [3.8, 4) is 0 Å². The Balaban J connectivity index is 1.89. The predicted octanol–water partition coefficient (Wildman–Crippen LogP) is 9.97. The third-order valence-corrected chi connectivity index (χ3v) is 22.6. The third kappa shape index (κ3) is 5.66. The second-order valence-electron chi connectivity index (χ2n) is 16.7. The molecule has 1 atom stereocenters. The zero-order valence-electron chi connectivity index (χ0n) is 29.9. The number of fused-ring (bicyclic) bond motifs is 2. The van der Waals surface area contributed by atoms with Gasteiger partial charge in [0, 0.05) is 0 Å². The molecule has 1 unspecified atom stereocenters. The van der Waals surface area contributed by atoms with Gasteiger partial charge >= 0.3 is 295 Å². The Bertz CT molecular complexity index is 1960. The molecule has 0 fully saturated rings. The van der Waals surface area contributed by atoms with Crippen molar-refractivity contribution in [1.82, 2.24) is 0 Å². The van der Waals surface area contributed by atoms with E-state index in [1.54, 1.807) is 28.8 Å². The van der Waals surface area contributed by atoms with E-state index in [2.05, 4.69) is 170 Å². The van der Waals surface area contributed by atoms with Crippen LogP contribution in [0.5, 0.6) is 0 Å². The van der Waals surface area contributed by atoms with Gasteiger partial charge in [-0.1, -0.05) is 0 Å². The van der Waals surface area contributed by atoms with Crippen LogP contribution in [-0.4, -0.2) is 27.4 Å². The Morgan fingerprint density at radius 3 is 1.76 bits per heavy atom. The molecular weight excluding hydrogens is 680 g/mol. The van der Waals surface area contributed by atoms with Crippen LogP contribution in [0.15, 0.2) is 124 Å². The van der Waals surface area contributed by atoms with E-state index in [1.807, 2.05) is 10.4 Å². The van der Waals surface area contributed by atoms with Crippen molar-refractivity contribution in [3.05, 3.63) is 151 Å². The second-order valence-corrected chi connectivity index (χ2v) is 35.3. The van der Waals surface area contributed by atoms with E-state index < -0.39 is 47.0 Å². The molecule has 46 heavy (non-hydrogen) atoms. The first-order valence-electron chi connectivity index (χ1n) is 17.0. The average molecular weight is 731 g/mol. The van der Waals surface area contributed by atoms with Gasteiger partial charge in [-0.05, 0) is 0 Å². The molecule has 0 heterocycles. The van der Waals surface area contributed by atoms with Gasteiger partial charge in [-0.3, -0.25) is 0 Å². The summed E-state index contributed by atoms with van der Waals surface area (Å²) in [6.07, 6.45) is 8.26. The molecule has 4 heteroatoms. The molecule has 0 bridgehead atoms. The number of rotatable bonds is 7. The van der Waals surface area contributed by atoms with Crippen LogP contribution in [0.4, 0.5) is 0 Å². The summed E-state index contributed by atoms with van der Waals surface area (Å²) in [5.41, 5.74) is 10.7. The molecule has 0 aliphatic heterocycles. The molecule has 235 valence electrons. The number of allylic oxidation sites excluding steroid dienone is 8. The van der Waals surface area contributed by atoms with Crippen LogP contribution in [0, 0.1) is 6.92 Å². The predicted molar refractivity (Wildman–Crippen MR) is 208 cm³/mol. The van der Waals surface area contributed by atoms with Gasteiger partial charge < -0.3 is 0 Å². The SMILES string of the molecule is Cc1ccc2c(c1)=[C]([Zr]=[C](c1ccccc1)c1ccccc1)C1=C(C3=CC=CC3)C(C)([Si](C)(C)C)C([Si](C)(C)C)=C([Si](C)(C)C)C=21. The Morgan fingerprint density at radius 1 is 0.696 bits per heavy atom. The molecule has 0 saturated carbocycles. The third-order valence-electron chi connectivity index (χ3n) is 10.4. The van der Waals surface area contributed by atoms with Crippen molar-refractivity contribution in [3.63, 3.8) is 0 Å². The second kappa shape index (κ2) is 12.0. The van der Waals surface area contributed by atoms with E-state index in [9.17, 15) is 0 Å². The van der Waals surface area contributed by atoms with Gasteiger partial charge in [-0.2, -0.15) is 0 Å². The summed E-state index contributed by atoms with van der Waals surface area (Å²) in [6, 6.07) is 30.1. The van der Waals surface area contributed by atoms with E-state index >= 15 is 0 Å². The summed E-state index contributed by atoms with van der Waals surface area (Å²) >= 11 is -1.34. The van der Waals surface area contributed by atoms with Gasteiger partial charge in [-0.15, -0.1) is 0 Å². The number of benzene rings is 3. The Morgan fingerprint density at radius 2 is 1.28 bits per heavy atom. The molecule has 0 N–H and O–H groups in total. The molecule has 3 aromatic carbocycles. The van der Waals surface area contributed by atoms with Crippen molar-refractivity contribution in [2.45, 2.75) is 84.2 Å². The summed E-state index contributed by atoms with van der Waals surface area (Å²) in [5, 5.41) is 6.82. The van der Waals surface area contributed by atoms with Gasteiger partial charge in [0.05, 0.1) is 0 Å². The average Bonchev–Trinajstić information content (AvgIpc) is 3.61. The summed E-state index contributed by atoms with van der Waals surface area (Å²) in [4.78, 5) is 0. The zero-order chi connectivity index (χ0) is 33.2. The number of hydrogen-bond acceptors (Lipinski definition) is 0. The first-order valence-corrected chi connectivity index (χ1v) is 30.0. The minimum atomic E-state index is -1.82. The van der Waals surface area contributed by atoms with Crippen molar-refractivity contribution >= 4 is 36.3 Å². The summed E-state index contributed by atoms with van der Waals surface area (Å²) in [7, 11) is -5.39. The van der Waals surface area contributed by atoms with Crippen LogP contribution in [0.3, 0.4) is 0 Å². The molecule has 0 radical (unpaired) electrons. The summed E-state index contributed by atoms with van der Waals surface area (Å²) < 4.78 is 3.29. The van der Waals surface area contributed by atoms with Crippen molar-refractivity contribution in [2.75, 3.05) is 0 Å². The van der Waals surface area contributed by atoms with Crippen LogP contribution < -0.4 is 10.4 Å². The molecular formula is C42H51Si3Zr. The molecule has 0 spiro atoms. The molecule has 0 aromatic heterocycles. The maximum absolute atomic E-state index is 2.72. The van der Waals surface area contributed by atoms with Gasteiger partial charge in [0.15, 0.2) is 0 Å². The van der Waals surface area contributed by atoms with E-state index in [0.29, 0.717) is 0 Å². The Labute approximate surface area is 292 Å². The fourth-order valence-corrected chi connectivity index (χ4v) is 23.2. The standard InChI is InChI=1S/C29H41Si3.C13H10.Zr/c1-20-16-17-23-22(18-20)19-24-25(23)27(30(3,4)5)28(31(6,7)8)29(2,32(9,10)11)26(24)21-14-12-13-15-21;1-3-7-12(8-4-1)11-13-9-5-2-6-10-13;/h12-14,16-18H,15H2,1-11H3;1-10H;. The fraction of sp³-hybridized carbons (Fsp3) is 0.310. The van der Waals surface area contributed by atoms with E-state index in [4.69, 9.17) is 0 Å². The van der Waals surface area contributed by atoms with Gasteiger partial charge in [0.2, 0.25) is 0 Å². The molecule has 3 aliphatic rings. The maximum atomic E-state index is 2.72. The molecule has 3 aromatic rings. The number of aryl methyl sites for hydroxylation is 1. The minimum absolute atomic E-state index is 0.0746. The first-order chi connectivity index (χ1) is 21.5. The first kappa shape index (κ1) is 33.7. The van der Waals surface area contributed by atoms with Crippen LogP contribution in [0.2, 0.25) is 64.0 Å². The molecule has 0 nitrogen and oxygen atoms in total. The van der Waals surface area contributed by atoms with Crippen molar-refractivity contribution < 1.29 is 22.8 Å². The van der Waals surface area contributed by atoms with Crippen LogP contribution in [0.25, 0.3) is 8.85 Å². The van der Waals surface area contributed by atoms with Gasteiger partial charge in [0.1, 0.15) is 0 Å². The molecule has 0 amide bonds. The van der Waals surface area contributed by atoms with Crippen LogP contribution in [0.1, 0.15) is 30.0 Å². The van der Waals surface area contributed by atoms with Crippen LogP contribution in [-0.2, 0) is 22.8 Å². The van der Waals surface area contributed by atoms with Gasteiger partial charge in [0.25, 0.3) is 0 Å². The molecule has 0 saturated heterocycles. The molecule has 6 rings (SSSR count). The van der Waals surface area contributed by atoms with Crippen molar-refractivity contribution in [2.24, 2.45) is 0 Å². The van der Waals surface area contributed by atoms with E-state index in [1.165, 1.54) is 27.1 Å². The summed E-state index contributed by atoms with van der Waals surface area (Å²) in [5.74, 6) is 0. The topological polar surface area (TPSA) is 0 Å². The van der Waals surface area contributed by atoms with E-state index in [0.717, 1.165) is 6.42 Å². The van der Waals surface area contributed by atoms with E-state index in [-0.39, 0.29) is 5.04 Å². The van der Waals surface area contributed by atoms with Crippen molar-refractivity contribution in [1.29, 1.82) is 0 Å². The Kier molecular flexibility index (Phi) is 8.80.